The molecular weight excluding hydrogens is 262 g/mol. The fourth-order valence-electron chi connectivity index (χ4n) is 2.63. The molecule has 1 aromatic rings. The summed E-state index contributed by atoms with van der Waals surface area (Å²) in [6.45, 7) is 2.53. The van der Waals surface area contributed by atoms with Crippen molar-refractivity contribution in [2.45, 2.75) is 39.2 Å². The lowest BCUT2D eigenvalue weighted by atomic mass is 9.79. The van der Waals surface area contributed by atoms with Gasteiger partial charge in [-0.2, -0.15) is 0 Å². The number of thiophene rings is 1. The number of carboxylic acids is 1. The minimum atomic E-state index is -0.841. The zero-order valence-corrected chi connectivity index (χ0v) is 11.8. The number of nitrogens with one attached hydrogen (secondary N) is 1. The summed E-state index contributed by atoms with van der Waals surface area (Å²) in [6, 6.07) is 4.02. The topological polar surface area (TPSA) is 66.4 Å². The van der Waals surface area contributed by atoms with E-state index < -0.39 is 11.9 Å². The van der Waals surface area contributed by atoms with Crippen LogP contribution in [0.15, 0.2) is 12.1 Å². The highest BCUT2D eigenvalue weighted by molar-refractivity contribution is 7.11. The summed E-state index contributed by atoms with van der Waals surface area (Å²) in [5, 5.41) is 12.0. The number of aryl methyl sites for hydroxylation is 1. The van der Waals surface area contributed by atoms with Gasteiger partial charge in [0, 0.05) is 9.75 Å². The van der Waals surface area contributed by atoms with Crippen molar-refractivity contribution >= 4 is 23.2 Å². The minimum absolute atomic E-state index is 0.113. The van der Waals surface area contributed by atoms with Gasteiger partial charge in [0.05, 0.1) is 18.4 Å². The Labute approximate surface area is 116 Å². The van der Waals surface area contributed by atoms with Crippen molar-refractivity contribution in [1.29, 1.82) is 0 Å². The van der Waals surface area contributed by atoms with E-state index >= 15 is 0 Å². The molecule has 1 amide bonds. The van der Waals surface area contributed by atoms with Crippen LogP contribution in [0.1, 0.15) is 35.4 Å². The maximum absolute atomic E-state index is 12.1. The van der Waals surface area contributed by atoms with Crippen LogP contribution < -0.4 is 5.32 Å². The summed E-state index contributed by atoms with van der Waals surface area (Å²) in [7, 11) is 0. The molecule has 1 aromatic heterocycles. The lowest BCUT2D eigenvalue weighted by Gasteiger charge is -2.27. The maximum Gasteiger partial charge on any atom is 0.307 e. The number of aliphatic carboxylic acids is 1. The van der Waals surface area contributed by atoms with Gasteiger partial charge in [-0.15, -0.1) is 11.3 Å². The second kappa shape index (κ2) is 6.19. The van der Waals surface area contributed by atoms with E-state index in [0.29, 0.717) is 19.4 Å². The van der Waals surface area contributed by atoms with Gasteiger partial charge in [0.2, 0.25) is 5.91 Å². The zero-order valence-electron chi connectivity index (χ0n) is 11.0. The molecule has 5 heteroatoms. The highest BCUT2D eigenvalue weighted by Gasteiger charge is 2.35. The third-order valence-corrected chi connectivity index (χ3v) is 4.65. The molecule has 0 bridgehead atoms. The van der Waals surface area contributed by atoms with Crippen LogP contribution >= 0.6 is 11.3 Å². The summed E-state index contributed by atoms with van der Waals surface area (Å²) < 4.78 is 0. The summed E-state index contributed by atoms with van der Waals surface area (Å²) in [5.74, 6) is -1.84. The Morgan fingerprint density at radius 3 is 2.58 bits per heavy atom. The summed E-state index contributed by atoms with van der Waals surface area (Å²) in [6.07, 6.45) is 3.16. The Balaban J connectivity index is 1.92. The SMILES string of the molecule is Cc1ccc(CNC(=O)[C@@H]2CCCC[C@@H]2C(=O)O)s1. The monoisotopic (exact) mass is 281 g/mol. The first-order chi connectivity index (χ1) is 9.08. The van der Waals surface area contributed by atoms with Gasteiger partial charge in [-0.1, -0.05) is 12.8 Å². The van der Waals surface area contributed by atoms with Gasteiger partial charge in [0.15, 0.2) is 0 Å². The standard InChI is InChI=1S/C14H19NO3S/c1-9-6-7-10(19-9)8-15-13(16)11-4-2-3-5-12(11)14(17)18/h6-7,11-12H,2-5,8H2,1H3,(H,15,16)(H,17,18)/t11-,12+/m1/s1. The van der Waals surface area contributed by atoms with Gasteiger partial charge in [0.1, 0.15) is 0 Å². The van der Waals surface area contributed by atoms with Crippen LogP contribution in [-0.2, 0) is 16.1 Å². The minimum Gasteiger partial charge on any atom is -0.481 e. The molecule has 1 saturated carbocycles. The predicted octanol–water partition coefficient (Wildman–Crippen LogP) is 2.56. The predicted molar refractivity (Wildman–Crippen MR) is 74.0 cm³/mol. The fraction of sp³-hybridized carbons (Fsp3) is 0.571. The Hall–Kier alpha value is -1.36. The second-order valence-electron chi connectivity index (χ2n) is 5.07. The number of hydrogen-bond donors (Lipinski definition) is 2. The molecule has 1 aliphatic rings. The van der Waals surface area contributed by atoms with E-state index in [0.717, 1.165) is 17.7 Å². The Morgan fingerprint density at radius 2 is 2.00 bits per heavy atom. The largest absolute Gasteiger partial charge is 0.481 e. The Bertz CT molecular complexity index is 469. The van der Waals surface area contributed by atoms with E-state index in [9.17, 15) is 9.59 Å². The van der Waals surface area contributed by atoms with Crippen LogP contribution in [-0.4, -0.2) is 17.0 Å². The van der Waals surface area contributed by atoms with Crippen molar-refractivity contribution in [1.82, 2.24) is 5.32 Å². The molecule has 1 aliphatic carbocycles. The van der Waals surface area contributed by atoms with Gasteiger partial charge < -0.3 is 10.4 Å². The van der Waals surface area contributed by atoms with E-state index in [2.05, 4.69) is 5.32 Å². The number of carboxylic acid groups (broad SMARTS) is 1. The number of rotatable bonds is 4. The Kier molecular flexibility index (Phi) is 4.58. The van der Waals surface area contributed by atoms with Crippen LogP contribution in [0.2, 0.25) is 0 Å². The number of carbonyl (C=O) groups is 2. The van der Waals surface area contributed by atoms with E-state index in [-0.39, 0.29) is 11.8 Å². The quantitative estimate of drug-likeness (QED) is 0.891. The van der Waals surface area contributed by atoms with Crippen molar-refractivity contribution in [3.63, 3.8) is 0 Å². The molecule has 0 saturated heterocycles. The van der Waals surface area contributed by atoms with Gasteiger partial charge in [0.25, 0.3) is 0 Å². The molecule has 0 radical (unpaired) electrons. The van der Waals surface area contributed by atoms with Crippen molar-refractivity contribution in [2.24, 2.45) is 11.8 Å². The smallest absolute Gasteiger partial charge is 0.307 e. The molecule has 1 fully saturated rings. The van der Waals surface area contributed by atoms with Crippen LogP contribution in [0, 0.1) is 18.8 Å². The lowest BCUT2D eigenvalue weighted by Crippen LogP contribution is -2.39. The fourth-order valence-corrected chi connectivity index (χ4v) is 3.46. The maximum atomic E-state index is 12.1. The zero-order chi connectivity index (χ0) is 13.8. The first kappa shape index (κ1) is 14.1. The first-order valence-electron chi connectivity index (χ1n) is 6.64. The van der Waals surface area contributed by atoms with E-state index in [4.69, 9.17) is 5.11 Å². The first-order valence-corrected chi connectivity index (χ1v) is 7.45. The normalized spacial score (nSPS) is 23.0. The summed E-state index contributed by atoms with van der Waals surface area (Å²) in [4.78, 5) is 25.6. The van der Waals surface area contributed by atoms with Crippen molar-refractivity contribution in [3.8, 4) is 0 Å². The molecular formula is C14H19NO3S. The van der Waals surface area contributed by atoms with Crippen LogP contribution in [0.5, 0.6) is 0 Å². The average molecular weight is 281 g/mol. The summed E-state index contributed by atoms with van der Waals surface area (Å²) >= 11 is 1.65. The third-order valence-electron chi connectivity index (χ3n) is 3.65. The number of amides is 1. The number of carbonyl (C=O) groups excluding carboxylic acids is 1. The highest BCUT2D eigenvalue weighted by atomic mass is 32.1. The highest BCUT2D eigenvalue weighted by Crippen LogP contribution is 2.30. The third kappa shape index (κ3) is 3.56. The molecule has 2 atom stereocenters. The van der Waals surface area contributed by atoms with Crippen LogP contribution in [0.3, 0.4) is 0 Å². The molecule has 4 nitrogen and oxygen atoms in total. The van der Waals surface area contributed by atoms with E-state index in [1.165, 1.54) is 4.88 Å². The lowest BCUT2D eigenvalue weighted by molar-refractivity contribution is -0.148. The van der Waals surface area contributed by atoms with Crippen LogP contribution in [0.25, 0.3) is 0 Å². The molecule has 104 valence electrons. The summed E-state index contributed by atoms with van der Waals surface area (Å²) in [5.41, 5.74) is 0. The Morgan fingerprint density at radius 1 is 1.32 bits per heavy atom. The van der Waals surface area contributed by atoms with Crippen molar-refractivity contribution in [2.75, 3.05) is 0 Å². The molecule has 2 rings (SSSR count). The van der Waals surface area contributed by atoms with E-state index in [1.807, 2.05) is 19.1 Å². The van der Waals surface area contributed by atoms with Crippen molar-refractivity contribution in [3.05, 3.63) is 21.9 Å². The molecule has 19 heavy (non-hydrogen) atoms. The van der Waals surface area contributed by atoms with Crippen molar-refractivity contribution < 1.29 is 14.7 Å². The van der Waals surface area contributed by atoms with Crippen LogP contribution in [0.4, 0.5) is 0 Å². The van der Waals surface area contributed by atoms with Gasteiger partial charge in [-0.05, 0) is 31.9 Å². The molecule has 0 aliphatic heterocycles. The molecule has 0 unspecified atom stereocenters. The van der Waals surface area contributed by atoms with E-state index in [1.54, 1.807) is 11.3 Å². The molecule has 0 spiro atoms. The van der Waals surface area contributed by atoms with Gasteiger partial charge >= 0.3 is 5.97 Å². The molecule has 0 aromatic carbocycles. The second-order valence-corrected chi connectivity index (χ2v) is 6.44. The molecule has 1 heterocycles. The average Bonchev–Trinajstić information content (AvgIpc) is 2.81. The molecule has 2 N–H and O–H groups in total. The van der Waals surface area contributed by atoms with Gasteiger partial charge in [-0.3, -0.25) is 9.59 Å². The number of hydrogen-bond acceptors (Lipinski definition) is 3. The van der Waals surface area contributed by atoms with Gasteiger partial charge in [-0.25, -0.2) is 0 Å².